The predicted molar refractivity (Wildman–Crippen MR) is 83.0 cm³/mol. The maximum Gasteiger partial charge on any atom is 0.396 e. The number of aromatic carboxylic acids is 1. The summed E-state index contributed by atoms with van der Waals surface area (Å²) in [6, 6.07) is 10.2. The lowest BCUT2D eigenvalue weighted by Gasteiger charge is -2.20. The van der Waals surface area contributed by atoms with Crippen molar-refractivity contribution in [3.8, 4) is 0 Å². The van der Waals surface area contributed by atoms with Crippen LogP contribution in [0.3, 0.4) is 0 Å². The third-order valence-electron chi connectivity index (χ3n) is 3.32. The van der Waals surface area contributed by atoms with E-state index >= 15 is 0 Å². The molecule has 0 aliphatic rings. The molecule has 4 nitrogen and oxygen atoms in total. The molecule has 2 aromatic rings. The number of thiophene rings is 1. The van der Waals surface area contributed by atoms with Crippen LogP contribution in [0.2, 0.25) is 0 Å². The van der Waals surface area contributed by atoms with Crippen molar-refractivity contribution in [3.63, 3.8) is 0 Å². The molecule has 1 aromatic heterocycles. The first kappa shape index (κ1) is 18.0. The molecule has 0 fully saturated rings. The second kappa shape index (κ2) is 7.48. The van der Waals surface area contributed by atoms with Gasteiger partial charge in [0.2, 0.25) is 5.91 Å². The van der Waals surface area contributed by atoms with Crippen LogP contribution < -0.4 is 5.32 Å². The molecule has 1 unspecified atom stereocenters. The lowest BCUT2D eigenvalue weighted by Crippen LogP contribution is -2.30. The molecule has 0 radical (unpaired) electrons. The number of carboxylic acid groups (broad SMARTS) is 1. The zero-order valence-electron chi connectivity index (χ0n) is 12.3. The van der Waals surface area contributed by atoms with Crippen LogP contribution in [0, 0.1) is 0 Å². The Balaban J connectivity index is 1.99. The van der Waals surface area contributed by atoms with Crippen LogP contribution in [0.5, 0.6) is 0 Å². The second-order valence-corrected chi connectivity index (χ2v) is 6.23. The molecule has 0 aliphatic carbocycles. The molecule has 1 aromatic carbocycles. The van der Waals surface area contributed by atoms with Gasteiger partial charge in [-0.05, 0) is 17.7 Å². The Bertz CT molecular complexity index is 713. The van der Waals surface area contributed by atoms with Crippen LogP contribution >= 0.6 is 11.3 Å². The average Bonchev–Trinajstić information content (AvgIpc) is 2.99. The van der Waals surface area contributed by atoms with Gasteiger partial charge in [0.25, 0.3) is 0 Å². The van der Waals surface area contributed by atoms with E-state index in [9.17, 15) is 22.8 Å². The smallest absolute Gasteiger partial charge is 0.396 e. The summed E-state index contributed by atoms with van der Waals surface area (Å²) in [5.41, 5.74) is 0.0319. The minimum absolute atomic E-state index is 0.00382. The minimum Gasteiger partial charge on any atom is -0.477 e. The fourth-order valence-electron chi connectivity index (χ4n) is 2.14. The van der Waals surface area contributed by atoms with E-state index in [1.54, 1.807) is 6.07 Å². The van der Waals surface area contributed by atoms with Crippen molar-refractivity contribution >= 4 is 23.2 Å². The maximum absolute atomic E-state index is 13.2. The molecule has 0 bridgehead atoms. The first-order valence-electron chi connectivity index (χ1n) is 6.97. The third-order valence-corrected chi connectivity index (χ3v) is 4.39. The van der Waals surface area contributed by atoms with Crippen LogP contribution in [0.1, 0.15) is 32.5 Å². The minimum atomic E-state index is -4.53. The molecule has 2 N–H and O–H groups in total. The standard InChI is InChI=1S/C16H14F3NO3S/c17-16(18,19)12(10-4-2-1-3-5-10)8-14(21)20-9-11-6-7-13(24-11)15(22)23/h1-7,12H,8-9H2,(H,20,21)(H,22,23). The number of amides is 1. The van der Waals surface area contributed by atoms with Crippen LogP contribution in [0.25, 0.3) is 0 Å². The van der Waals surface area contributed by atoms with Crippen LogP contribution in [0.15, 0.2) is 42.5 Å². The Morgan fingerprint density at radius 3 is 2.33 bits per heavy atom. The molecule has 0 aliphatic heterocycles. The molecular weight excluding hydrogens is 343 g/mol. The number of nitrogens with one attached hydrogen (secondary N) is 1. The molecular formula is C16H14F3NO3S. The van der Waals surface area contributed by atoms with E-state index in [0.717, 1.165) is 11.3 Å². The fourth-order valence-corrected chi connectivity index (χ4v) is 2.93. The second-order valence-electron chi connectivity index (χ2n) is 5.06. The molecule has 1 amide bonds. The van der Waals surface area contributed by atoms with Crippen LogP contribution in [-0.4, -0.2) is 23.2 Å². The highest BCUT2D eigenvalue weighted by Gasteiger charge is 2.41. The van der Waals surface area contributed by atoms with Gasteiger partial charge in [0.15, 0.2) is 0 Å². The Labute approximate surface area is 139 Å². The lowest BCUT2D eigenvalue weighted by atomic mass is 9.95. The summed E-state index contributed by atoms with van der Waals surface area (Å²) >= 11 is 0.967. The quantitative estimate of drug-likeness (QED) is 0.826. The van der Waals surface area contributed by atoms with E-state index in [2.05, 4.69) is 5.32 Å². The molecule has 0 saturated carbocycles. The van der Waals surface area contributed by atoms with Gasteiger partial charge in [0.1, 0.15) is 4.88 Å². The summed E-state index contributed by atoms with van der Waals surface area (Å²) in [6.45, 7) is -0.00382. The number of alkyl halides is 3. The number of carbonyl (C=O) groups is 2. The monoisotopic (exact) mass is 357 g/mol. The highest BCUT2D eigenvalue weighted by Crippen LogP contribution is 2.37. The summed E-state index contributed by atoms with van der Waals surface area (Å²) < 4.78 is 39.5. The van der Waals surface area contributed by atoms with E-state index in [4.69, 9.17) is 5.11 Å². The summed E-state index contributed by atoms with van der Waals surface area (Å²) in [5, 5.41) is 11.2. The zero-order chi connectivity index (χ0) is 17.7. The number of hydrogen-bond donors (Lipinski definition) is 2. The first-order chi connectivity index (χ1) is 11.3. The van der Waals surface area contributed by atoms with Gasteiger partial charge >= 0.3 is 12.1 Å². The van der Waals surface area contributed by atoms with Crippen molar-refractivity contribution in [1.29, 1.82) is 0 Å². The number of carboxylic acids is 1. The number of hydrogen-bond acceptors (Lipinski definition) is 3. The van der Waals surface area contributed by atoms with E-state index in [-0.39, 0.29) is 17.0 Å². The summed E-state index contributed by atoms with van der Waals surface area (Å²) in [6.07, 6.45) is -5.25. The van der Waals surface area contributed by atoms with Gasteiger partial charge in [-0.1, -0.05) is 30.3 Å². The van der Waals surface area contributed by atoms with Gasteiger partial charge in [0.05, 0.1) is 12.5 Å². The molecule has 2 rings (SSSR count). The molecule has 128 valence electrons. The van der Waals surface area contributed by atoms with E-state index in [1.165, 1.54) is 36.4 Å². The van der Waals surface area contributed by atoms with Gasteiger partial charge in [-0.25, -0.2) is 4.79 Å². The lowest BCUT2D eigenvalue weighted by molar-refractivity contribution is -0.157. The summed E-state index contributed by atoms with van der Waals surface area (Å²) in [5.74, 6) is -3.71. The van der Waals surface area contributed by atoms with Crippen molar-refractivity contribution in [2.75, 3.05) is 0 Å². The molecule has 8 heteroatoms. The number of carbonyl (C=O) groups excluding carboxylic acids is 1. The van der Waals surface area contributed by atoms with Crippen molar-refractivity contribution in [2.24, 2.45) is 0 Å². The van der Waals surface area contributed by atoms with E-state index < -0.39 is 30.4 Å². The van der Waals surface area contributed by atoms with E-state index in [1.807, 2.05) is 0 Å². The normalized spacial score (nSPS) is 12.6. The highest BCUT2D eigenvalue weighted by molar-refractivity contribution is 7.13. The van der Waals surface area contributed by atoms with Gasteiger partial charge in [0, 0.05) is 11.3 Å². The Kier molecular flexibility index (Phi) is 5.61. The average molecular weight is 357 g/mol. The predicted octanol–water partition coefficient (Wildman–Crippen LogP) is 3.80. The van der Waals surface area contributed by atoms with E-state index in [0.29, 0.717) is 4.88 Å². The topological polar surface area (TPSA) is 66.4 Å². The number of halogens is 3. The molecule has 0 spiro atoms. The largest absolute Gasteiger partial charge is 0.477 e. The molecule has 0 saturated heterocycles. The maximum atomic E-state index is 13.2. The van der Waals surface area contributed by atoms with Crippen molar-refractivity contribution < 1.29 is 27.9 Å². The summed E-state index contributed by atoms with van der Waals surface area (Å²) in [7, 11) is 0. The van der Waals surface area contributed by atoms with Crippen LogP contribution in [-0.2, 0) is 11.3 Å². The van der Waals surface area contributed by atoms with Crippen molar-refractivity contribution in [3.05, 3.63) is 57.8 Å². The highest BCUT2D eigenvalue weighted by atomic mass is 32.1. The molecule has 24 heavy (non-hydrogen) atoms. The van der Waals surface area contributed by atoms with Gasteiger partial charge in [-0.3, -0.25) is 4.79 Å². The van der Waals surface area contributed by atoms with Crippen LogP contribution in [0.4, 0.5) is 13.2 Å². The van der Waals surface area contributed by atoms with Crippen molar-refractivity contribution in [1.82, 2.24) is 5.32 Å². The zero-order valence-corrected chi connectivity index (χ0v) is 13.2. The Morgan fingerprint density at radius 1 is 1.12 bits per heavy atom. The Morgan fingerprint density at radius 2 is 1.79 bits per heavy atom. The van der Waals surface area contributed by atoms with Gasteiger partial charge in [-0.15, -0.1) is 11.3 Å². The first-order valence-corrected chi connectivity index (χ1v) is 7.79. The number of benzene rings is 1. The van der Waals surface area contributed by atoms with Gasteiger partial charge in [-0.2, -0.15) is 13.2 Å². The molecule has 1 heterocycles. The third kappa shape index (κ3) is 4.82. The molecule has 1 atom stereocenters. The number of rotatable bonds is 6. The van der Waals surface area contributed by atoms with Crippen molar-refractivity contribution in [2.45, 2.75) is 25.1 Å². The summed E-state index contributed by atoms with van der Waals surface area (Å²) in [4.78, 5) is 23.3. The Hall–Kier alpha value is -2.35. The fraction of sp³-hybridized carbons (Fsp3) is 0.250. The SMILES string of the molecule is O=C(CC(c1ccccc1)C(F)(F)F)NCc1ccc(C(=O)O)s1. The van der Waals surface area contributed by atoms with Gasteiger partial charge < -0.3 is 10.4 Å².